The highest BCUT2D eigenvalue weighted by Crippen LogP contribution is 2.44. The van der Waals surface area contributed by atoms with E-state index in [9.17, 15) is 22.8 Å². The van der Waals surface area contributed by atoms with Crippen LogP contribution in [-0.2, 0) is 20.7 Å². The minimum Gasteiger partial charge on any atom is -0.489 e. The number of hydrogen-bond donors (Lipinski definition) is 0. The summed E-state index contributed by atoms with van der Waals surface area (Å²) in [5, 5.41) is -0.0730. The summed E-state index contributed by atoms with van der Waals surface area (Å²) in [4.78, 5) is 24.2. The van der Waals surface area contributed by atoms with Crippen LogP contribution in [0.3, 0.4) is 0 Å². The smallest absolute Gasteiger partial charge is 0.489 e. The lowest BCUT2D eigenvalue weighted by Gasteiger charge is -2.26. The molecule has 0 fully saturated rings. The molecule has 1 aromatic rings. The summed E-state index contributed by atoms with van der Waals surface area (Å²) in [5.74, 6) is -0.0351. The lowest BCUT2D eigenvalue weighted by Crippen LogP contribution is -2.24. The Labute approximate surface area is 185 Å². The third-order valence-corrected chi connectivity index (χ3v) is 6.23. The topological polar surface area (TPSA) is 52.6 Å². The predicted molar refractivity (Wildman–Crippen MR) is 115 cm³/mol. The number of thioether (sulfide) groups is 1. The van der Waals surface area contributed by atoms with E-state index in [1.807, 2.05) is 6.92 Å². The second kappa shape index (κ2) is 11.6. The first-order valence-electron chi connectivity index (χ1n) is 10.6. The summed E-state index contributed by atoms with van der Waals surface area (Å²) in [6, 6.07) is 5.17. The normalized spacial score (nSPS) is 18.7. The molecule has 0 aromatic heterocycles. The Hall–Kier alpha value is -1.96. The van der Waals surface area contributed by atoms with Crippen LogP contribution < -0.4 is 4.74 Å². The maximum absolute atomic E-state index is 12.3. The van der Waals surface area contributed by atoms with Crippen LogP contribution in [0.25, 0.3) is 0 Å². The third kappa shape index (κ3) is 8.97. The van der Waals surface area contributed by atoms with Gasteiger partial charge in [-0.05, 0) is 31.0 Å². The minimum atomic E-state index is -4.75. The molecule has 2 rings (SSSR count). The quantitative estimate of drug-likeness (QED) is 0.321. The predicted octanol–water partition coefficient (Wildman–Crippen LogP) is 6.38. The van der Waals surface area contributed by atoms with Crippen LogP contribution in [0.1, 0.15) is 64.4 Å². The number of ketones is 1. The van der Waals surface area contributed by atoms with Gasteiger partial charge in [0.1, 0.15) is 18.1 Å². The molecule has 0 aliphatic carbocycles. The summed E-state index contributed by atoms with van der Waals surface area (Å²) in [5.41, 5.74) is 0.559. The number of unbranched alkanes of at least 4 members (excludes halogenated alkanes) is 5. The molecule has 0 bridgehead atoms. The van der Waals surface area contributed by atoms with Gasteiger partial charge in [-0.15, -0.1) is 13.2 Å². The zero-order chi connectivity index (χ0) is 22.9. The molecule has 1 aliphatic heterocycles. The summed E-state index contributed by atoms with van der Waals surface area (Å²) in [6.07, 6.45) is 4.44. The molecule has 0 spiro atoms. The molecule has 0 N–H and O–H groups in total. The summed E-state index contributed by atoms with van der Waals surface area (Å²) >= 11 is 1.23. The number of halogens is 3. The van der Waals surface area contributed by atoms with Gasteiger partial charge in [0.15, 0.2) is 5.78 Å². The van der Waals surface area contributed by atoms with Crippen molar-refractivity contribution in [3.05, 3.63) is 41.7 Å². The molecule has 1 aromatic carbocycles. The number of hydrogen-bond acceptors (Lipinski definition) is 5. The lowest BCUT2D eigenvalue weighted by molar-refractivity contribution is -0.274. The number of rotatable bonds is 13. The van der Waals surface area contributed by atoms with E-state index in [0.717, 1.165) is 19.3 Å². The first-order chi connectivity index (χ1) is 14.6. The summed E-state index contributed by atoms with van der Waals surface area (Å²) in [7, 11) is 0. The molecule has 1 atom stereocenters. The maximum atomic E-state index is 12.3. The van der Waals surface area contributed by atoms with E-state index in [1.165, 1.54) is 67.8 Å². The molecular weight excluding hydrogens is 429 g/mol. The zero-order valence-corrected chi connectivity index (χ0v) is 18.7. The van der Waals surface area contributed by atoms with E-state index in [4.69, 9.17) is 4.74 Å². The van der Waals surface area contributed by atoms with Crippen LogP contribution in [0.4, 0.5) is 13.2 Å². The first kappa shape index (κ1) is 25.3. The number of benzene rings is 1. The fraction of sp³-hybridized carbons (Fsp3) is 0.565. The molecule has 31 heavy (non-hydrogen) atoms. The van der Waals surface area contributed by atoms with Crippen molar-refractivity contribution in [3.8, 4) is 5.75 Å². The van der Waals surface area contributed by atoms with Crippen LogP contribution in [0, 0.1) is 0 Å². The Morgan fingerprint density at radius 3 is 2.35 bits per heavy atom. The zero-order valence-electron chi connectivity index (χ0n) is 17.9. The Bertz CT molecular complexity index is 774. The van der Waals surface area contributed by atoms with Crippen molar-refractivity contribution < 1.29 is 32.2 Å². The number of Topliss-reactive ketones (excluding diaryl/α,β-unsaturated/α-hetero) is 1. The fourth-order valence-electron chi connectivity index (χ4n) is 3.42. The molecule has 0 radical (unpaired) electrons. The Morgan fingerprint density at radius 2 is 1.71 bits per heavy atom. The molecule has 172 valence electrons. The van der Waals surface area contributed by atoms with Gasteiger partial charge in [-0.3, -0.25) is 9.59 Å². The van der Waals surface area contributed by atoms with Gasteiger partial charge in [-0.2, -0.15) is 0 Å². The summed E-state index contributed by atoms with van der Waals surface area (Å²) in [6.45, 7) is 3.95. The Morgan fingerprint density at radius 1 is 1.06 bits per heavy atom. The van der Waals surface area contributed by atoms with Crippen LogP contribution in [0.2, 0.25) is 0 Å². The number of carbonyl (C=O) groups is 2. The fourth-order valence-corrected chi connectivity index (χ4v) is 4.49. The Kier molecular flexibility index (Phi) is 9.47. The van der Waals surface area contributed by atoms with Gasteiger partial charge in [0.05, 0.1) is 4.75 Å². The van der Waals surface area contributed by atoms with Crippen molar-refractivity contribution in [3.63, 3.8) is 0 Å². The third-order valence-electron chi connectivity index (χ3n) is 5.05. The molecular formula is C23H29F3O4S. The van der Waals surface area contributed by atoms with Crippen LogP contribution >= 0.6 is 11.8 Å². The van der Waals surface area contributed by atoms with Crippen molar-refractivity contribution in [2.75, 3.05) is 6.61 Å². The highest BCUT2D eigenvalue weighted by molar-refractivity contribution is 8.15. The van der Waals surface area contributed by atoms with Crippen molar-refractivity contribution in [1.29, 1.82) is 0 Å². The highest BCUT2D eigenvalue weighted by atomic mass is 32.2. The van der Waals surface area contributed by atoms with Crippen molar-refractivity contribution in [2.24, 2.45) is 0 Å². The minimum absolute atomic E-state index is 0.0226. The number of alkyl halides is 3. The maximum Gasteiger partial charge on any atom is 0.573 e. The molecule has 4 nitrogen and oxygen atoms in total. The second-order valence-electron chi connectivity index (χ2n) is 7.87. The second-order valence-corrected chi connectivity index (χ2v) is 9.38. The number of carbonyl (C=O) groups excluding carboxylic acids is 2. The SMILES string of the molecule is CCCCCCCCC1(C)SC(=O)C=C1OCC(=O)Cc1ccc(OC(F)(F)F)cc1. The molecule has 1 aliphatic rings. The van der Waals surface area contributed by atoms with Gasteiger partial charge >= 0.3 is 6.36 Å². The molecule has 0 saturated carbocycles. The van der Waals surface area contributed by atoms with Crippen LogP contribution in [-0.4, -0.2) is 28.6 Å². The van der Waals surface area contributed by atoms with Gasteiger partial charge in [-0.1, -0.05) is 69.3 Å². The van der Waals surface area contributed by atoms with Gasteiger partial charge in [0.2, 0.25) is 5.12 Å². The van der Waals surface area contributed by atoms with Gasteiger partial charge in [0.25, 0.3) is 0 Å². The summed E-state index contributed by atoms with van der Waals surface area (Å²) < 4.78 is 45.7. The van der Waals surface area contributed by atoms with Gasteiger partial charge in [-0.25, -0.2) is 0 Å². The van der Waals surface area contributed by atoms with Crippen molar-refractivity contribution in [2.45, 2.75) is 76.3 Å². The monoisotopic (exact) mass is 458 g/mol. The highest BCUT2D eigenvalue weighted by Gasteiger charge is 2.39. The van der Waals surface area contributed by atoms with Crippen LogP contribution in [0.15, 0.2) is 36.1 Å². The van der Waals surface area contributed by atoms with E-state index in [1.54, 1.807) is 0 Å². The van der Waals surface area contributed by atoms with Crippen molar-refractivity contribution >= 4 is 22.7 Å². The molecule has 8 heteroatoms. The van der Waals surface area contributed by atoms with Gasteiger partial charge < -0.3 is 9.47 Å². The first-order valence-corrected chi connectivity index (χ1v) is 11.4. The lowest BCUT2D eigenvalue weighted by atomic mass is 9.99. The standard InChI is InChI=1S/C23H29F3O4S/c1-3-4-5-6-7-8-13-22(2)20(15-21(28)31-22)29-16-18(27)14-17-9-11-19(12-10-17)30-23(24,25)26/h9-12,15H,3-8,13-14,16H2,1-2H3. The Balaban J connectivity index is 1.81. The van der Waals surface area contributed by atoms with Crippen molar-refractivity contribution in [1.82, 2.24) is 0 Å². The van der Waals surface area contributed by atoms with Gasteiger partial charge in [0, 0.05) is 12.5 Å². The van der Waals surface area contributed by atoms with E-state index < -0.39 is 11.1 Å². The van der Waals surface area contributed by atoms with E-state index in [2.05, 4.69) is 11.7 Å². The largest absolute Gasteiger partial charge is 0.573 e. The molecule has 0 amide bonds. The molecule has 1 heterocycles. The van der Waals surface area contributed by atoms with E-state index >= 15 is 0 Å². The average molecular weight is 459 g/mol. The van der Waals surface area contributed by atoms with Crippen LogP contribution in [0.5, 0.6) is 5.75 Å². The molecule has 1 unspecified atom stereocenters. The molecule has 0 saturated heterocycles. The number of ether oxygens (including phenoxy) is 2. The van der Waals surface area contributed by atoms with E-state index in [0.29, 0.717) is 11.3 Å². The average Bonchev–Trinajstić information content (AvgIpc) is 2.97. The van der Waals surface area contributed by atoms with E-state index in [-0.39, 0.29) is 29.7 Å².